The molecule has 0 rings (SSSR count). The van der Waals surface area contributed by atoms with E-state index in [4.69, 9.17) is 14.9 Å². The van der Waals surface area contributed by atoms with Gasteiger partial charge in [-0.2, -0.15) is 0 Å². The van der Waals surface area contributed by atoms with Crippen LogP contribution in [0.25, 0.3) is 0 Å². The van der Waals surface area contributed by atoms with E-state index in [-0.39, 0.29) is 13.2 Å². The van der Waals surface area contributed by atoms with Gasteiger partial charge in [0.15, 0.2) is 0 Å². The largest absolute Gasteiger partial charge is 0.469 e. The number of hydrogen-bond acceptors (Lipinski definition) is 3. The minimum Gasteiger partial charge on any atom is -0.392 e. The molecule has 0 atom stereocenters. The Morgan fingerprint density at radius 1 is 1.58 bits per heavy atom. The summed E-state index contributed by atoms with van der Waals surface area (Å²) in [5.74, 6) is 0. The fraction of sp³-hybridized carbons (Fsp3) is 0.333. The first-order valence-corrected chi connectivity index (χ1v) is 4.65. The van der Waals surface area contributed by atoms with Crippen LogP contribution in [0.1, 0.15) is 0 Å². The van der Waals surface area contributed by atoms with Crippen molar-refractivity contribution in [2.24, 2.45) is 0 Å². The molecule has 6 heteroatoms. The Kier molecular flexibility index (Phi) is 5.04. The molecule has 0 aliphatic heterocycles. The quantitative estimate of drug-likeness (QED) is 0.430. The van der Waals surface area contributed by atoms with Crippen molar-refractivity contribution in [3.8, 4) is 0 Å². The van der Waals surface area contributed by atoms with E-state index in [1.165, 1.54) is 12.2 Å². The lowest BCUT2D eigenvalue weighted by atomic mass is 10.3. The van der Waals surface area contributed by atoms with Crippen LogP contribution >= 0.6 is 7.82 Å². The monoisotopic (exact) mass is 194 g/mol. The van der Waals surface area contributed by atoms with Gasteiger partial charge in [-0.1, -0.05) is 18.7 Å². The molecule has 0 aromatic carbocycles. The summed E-state index contributed by atoms with van der Waals surface area (Å²) in [6.45, 7) is 2.90. The lowest BCUT2D eigenvalue weighted by Crippen LogP contribution is -1.92. The van der Waals surface area contributed by atoms with Gasteiger partial charge < -0.3 is 14.9 Å². The highest BCUT2D eigenvalue weighted by molar-refractivity contribution is 7.46. The van der Waals surface area contributed by atoms with Gasteiger partial charge in [-0.15, -0.1) is 0 Å². The average Bonchev–Trinajstić information content (AvgIpc) is 1.96. The second-order valence-corrected chi connectivity index (χ2v) is 3.17. The summed E-state index contributed by atoms with van der Waals surface area (Å²) in [7, 11) is -4.40. The van der Waals surface area contributed by atoms with E-state index in [1.54, 1.807) is 0 Å². The number of hydrogen-bond donors (Lipinski definition) is 3. The molecule has 70 valence electrons. The highest BCUT2D eigenvalue weighted by Crippen LogP contribution is 2.35. The van der Waals surface area contributed by atoms with Gasteiger partial charge >= 0.3 is 7.82 Å². The molecule has 5 nitrogen and oxygen atoms in total. The molecule has 0 aliphatic carbocycles. The van der Waals surface area contributed by atoms with Crippen molar-refractivity contribution < 1.29 is 24.0 Å². The zero-order valence-corrected chi connectivity index (χ0v) is 7.28. The van der Waals surface area contributed by atoms with Gasteiger partial charge in [0.2, 0.25) is 0 Å². The van der Waals surface area contributed by atoms with E-state index >= 15 is 0 Å². The van der Waals surface area contributed by atoms with Gasteiger partial charge in [-0.05, 0) is 5.57 Å². The predicted octanol–water partition coefficient (Wildman–Crippen LogP) is 0.200. The third-order valence-corrected chi connectivity index (χ3v) is 1.52. The molecule has 3 N–H and O–H groups in total. The minimum absolute atomic E-state index is 0.228. The maximum absolute atomic E-state index is 10.1. The molecule has 0 aromatic rings. The van der Waals surface area contributed by atoms with E-state index in [9.17, 15) is 4.57 Å². The molecule has 0 fully saturated rings. The molecule has 0 radical (unpaired) electrons. The van der Waals surface area contributed by atoms with Crippen LogP contribution in [-0.4, -0.2) is 28.1 Å². The van der Waals surface area contributed by atoms with Crippen LogP contribution in [0, 0.1) is 0 Å². The van der Waals surface area contributed by atoms with Gasteiger partial charge in [0, 0.05) is 0 Å². The van der Waals surface area contributed by atoms with Crippen LogP contribution < -0.4 is 0 Å². The van der Waals surface area contributed by atoms with Gasteiger partial charge in [0.05, 0.1) is 13.2 Å². The maximum Gasteiger partial charge on any atom is 0.469 e. The van der Waals surface area contributed by atoms with E-state index in [0.717, 1.165) is 0 Å². The predicted molar refractivity (Wildman–Crippen MR) is 43.4 cm³/mol. The molecule has 0 saturated carbocycles. The second kappa shape index (κ2) is 5.24. The summed E-state index contributed by atoms with van der Waals surface area (Å²) in [4.78, 5) is 16.5. The molecular weight excluding hydrogens is 183 g/mol. The van der Waals surface area contributed by atoms with Crippen LogP contribution in [0.5, 0.6) is 0 Å². The zero-order valence-electron chi connectivity index (χ0n) is 6.38. The van der Waals surface area contributed by atoms with E-state index in [1.807, 2.05) is 0 Å². The molecule has 0 heterocycles. The fourth-order valence-corrected chi connectivity index (χ4v) is 0.723. The number of aliphatic hydroxyl groups excluding tert-OH is 1. The summed E-state index contributed by atoms with van der Waals surface area (Å²) in [6, 6.07) is 0. The topological polar surface area (TPSA) is 87.0 Å². The smallest absolute Gasteiger partial charge is 0.392 e. The van der Waals surface area contributed by atoms with Crippen molar-refractivity contribution in [3.63, 3.8) is 0 Å². The van der Waals surface area contributed by atoms with Crippen LogP contribution in [0.4, 0.5) is 0 Å². The van der Waals surface area contributed by atoms with Crippen molar-refractivity contribution in [1.29, 1.82) is 0 Å². The number of rotatable bonds is 5. The highest BCUT2D eigenvalue weighted by atomic mass is 31.2. The van der Waals surface area contributed by atoms with E-state index in [2.05, 4.69) is 11.1 Å². The Labute approximate surface area is 70.2 Å². The lowest BCUT2D eigenvalue weighted by Gasteiger charge is -2.01. The van der Waals surface area contributed by atoms with Crippen LogP contribution in [0.3, 0.4) is 0 Å². The van der Waals surface area contributed by atoms with Crippen molar-refractivity contribution in [3.05, 3.63) is 24.3 Å². The third kappa shape index (κ3) is 6.27. The zero-order chi connectivity index (χ0) is 9.61. The maximum atomic E-state index is 10.1. The minimum atomic E-state index is -4.40. The van der Waals surface area contributed by atoms with E-state index in [0.29, 0.717) is 5.57 Å². The molecule has 0 aliphatic rings. The first kappa shape index (κ1) is 11.6. The SMILES string of the molecule is C=C/C(=C\COP(=O)(O)O)CO. The first-order chi connectivity index (χ1) is 5.49. The van der Waals surface area contributed by atoms with Crippen LogP contribution in [0.15, 0.2) is 24.3 Å². The summed E-state index contributed by atoms with van der Waals surface area (Å²) in [5, 5.41) is 8.57. The summed E-state index contributed by atoms with van der Waals surface area (Å²) in [5.41, 5.74) is 0.462. The van der Waals surface area contributed by atoms with Crippen LogP contribution in [-0.2, 0) is 9.09 Å². The number of aliphatic hydroxyl groups is 1. The number of phosphoric ester groups is 1. The molecule has 0 amide bonds. The molecule has 0 spiro atoms. The first-order valence-electron chi connectivity index (χ1n) is 3.12. The molecule has 0 unspecified atom stereocenters. The fourth-order valence-electron chi connectivity index (χ4n) is 0.454. The van der Waals surface area contributed by atoms with Crippen LogP contribution in [0.2, 0.25) is 0 Å². The normalized spacial score (nSPS) is 13.1. The van der Waals surface area contributed by atoms with Gasteiger partial charge in [-0.25, -0.2) is 4.57 Å². The standard InChI is InChI=1S/C6H11O5P/c1-2-6(5-7)3-4-11-12(8,9)10/h2-3,7H,1,4-5H2,(H2,8,9,10)/b6-3+. The molecule has 0 aromatic heterocycles. The third-order valence-electron chi connectivity index (χ3n) is 1.03. The summed E-state index contributed by atoms with van der Waals surface area (Å²) in [6.07, 6.45) is 2.72. The summed E-state index contributed by atoms with van der Waals surface area (Å²) < 4.78 is 14.2. The second-order valence-electron chi connectivity index (χ2n) is 1.93. The van der Waals surface area contributed by atoms with Crippen molar-refractivity contribution in [2.75, 3.05) is 13.2 Å². The van der Waals surface area contributed by atoms with Crippen molar-refractivity contribution >= 4 is 7.82 Å². The Morgan fingerprint density at radius 2 is 2.17 bits per heavy atom. The van der Waals surface area contributed by atoms with Gasteiger partial charge in [-0.3, -0.25) is 4.52 Å². The molecule has 0 saturated heterocycles. The molecule has 0 bridgehead atoms. The number of phosphoric acid groups is 1. The summed E-state index contributed by atoms with van der Waals surface area (Å²) >= 11 is 0. The average molecular weight is 194 g/mol. The van der Waals surface area contributed by atoms with Crippen molar-refractivity contribution in [1.82, 2.24) is 0 Å². The highest BCUT2D eigenvalue weighted by Gasteiger charge is 2.11. The van der Waals surface area contributed by atoms with Gasteiger partial charge in [0.1, 0.15) is 0 Å². The van der Waals surface area contributed by atoms with Crippen molar-refractivity contribution in [2.45, 2.75) is 0 Å². The van der Waals surface area contributed by atoms with Gasteiger partial charge in [0.25, 0.3) is 0 Å². The Hall–Kier alpha value is -0.450. The Balaban J connectivity index is 3.88. The Morgan fingerprint density at radius 3 is 2.50 bits per heavy atom. The molecule has 12 heavy (non-hydrogen) atoms. The molecular formula is C6H11O5P. The van der Waals surface area contributed by atoms with E-state index < -0.39 is 7.82 Å². The lowest BCUT2D eigenvalue weighted by molar-refractivity contribution is 0.215. The Bertz CT molecular complexity index is 216.